The van der Waals surface area contributed by atoms with Gasteiger partial charge >= 0.3 is 0 Å². The van der Waals surface area contributed by atoms with Gasteiger partial charge < -0.3 is 5.32 Å². The lowest BCUT2D eigenvalue weighted by molar-refractivity contribution is -0.123. The summed E-state index contributed by atoms with van der Waals surface area (Å²) in [6, 6.07) is 9.71. The number of halogens is 1. The Morgan fingerprint density at radius 2 is 2.14 bits per heavy atom. The molecular weight excluding hydrogens is 298 g/mol. The Balaban J connectivity index is 1.60. The molecule has 1 fully saturated rings. The van der Waals surface area contributed by atoms with E-state index in [0.29, 0.717) is 5.92 Å². The SMILES string of the molecule is CCn1nccc1C(C)NC(=O)C1CC1c1ccc(Cl)cc1. The Morgan fingerprint density at radius 3 is 2.82 bits per heavy atom. The van der Waals surface area contributed by atoms with E-state index in [-0.39, 0.29) is 17.9 Å². The third-order valence-corrected chi connectivity index (χ3v) is 4.53. The van der Waals surface area contributed by atoms with Crippen molar-refractivity contribution < 1.29 is 4.79 Å². The first-order chi connectivity index (χ1) is 10.6. The Labute approximate surface area is 135 Å². The van der Waals surface area contributed by atoms with Crippen molar-refractivity contribution in [1.29, 1.82) is 0 Å². The predicted molar refractivity (Wildman–Crippen MR) is 86.8 cm³/mol. The smallest absolute Gasteiger partial charge is 0.224 e. The molecule has 1 aromatic heterocycles. The van der Waals surface area contributed by atoms with E-state index in [9.17, 15) is 4.79 Å². The molecule has 22 heavy (non-hydrogen) atoms. The summed E-state index contributed by atoms with van der Waals surface area (Å²) in [6.45, 7) is 4.85. The highest BCUT2D eigenvalue weighted by Crippen LogP contribution is 2.47. The Bertz CT molecular complexity index is 665. The highest BCUT2D eigenvalue weighted by molar-refractivity contribution is 6.30. The van der Waals surface area contributed by atoms with Crippen LogP contribution in [-0.2, 0) is 11.3 Å². The fraction of sp³-hybridized carbons (Fsp3) is 0.412. The molecule has 2 aromatic rings. The second-order valence-corrected chi connectivity index (χ2v) is 6.24. The van der Waals surface area contributed by atoms with Crippen molar-refractivity contribution in [3.8, 4) is 0 Å². The zero-order valence-electron chi connectivity index (χ0n) is 12.8. The number of hydrogen-bond acceptors (Lipinski definition) is 2. The van der Waals surface area contributed by atoms with E-state index >= 15 is 0 Å². The van der Waals surface area contributed by atoms with Crippen LogP contribution < -0.4 is 5.32 Å². The van der Waals surface area contributed by atoms with E-state index in [1.807, 2.05) is 48.9 Å². The second-order valence-electron chi connectivity index (χ2n) is 5.80. The molecule has 1 aliphatic carbocycles. The molecule has 116 valence electrons. The minimum atomic E-state index is -0.0265. The molecule has 1 amide bonds. The van der Waals surface area contributed by atoms with Gasteiger partial charge in [-0.05, 0) is 49.9 Å². The van der Waals surface area contributed by atoms with Crippen molar-refractivity contribution >= 4 is 17.5 Å². The first kappa shape index (κ1) is 15.1. The van der Waals surface area contributed by atoms with Crippen LogP contribution in [0.25, 0.3) is 0 Å². The molecule has 3 rings (SSSR count). The number of nitrogens with zero attached hydrogens (tertiary/aromatic N) is 2. The zero-order valence-corrected chi connectivity index (χ0v) is 13.5. The van der Waals surface area contributed by atoms with Crippen molar-refractivity contribution in [3.05, 3.63) is 52.8 Å². The van der Waals surface area contributed by atoms with Crippen LogP contribution >= 0.6 is 11.6 Å². The van der Waals surface area contributed by atoms with Gasteiger partial charge in [0.15, 0.2) is 0 Å². The van der Waals surface area contributed by atoms with Gasteiger partial charge in [-0.15, -0.1) is 0 Å². The Morgan fingerprint density at radius 1 is 1.41 bits per heavy atom. The summed E-state index contributed by atoms with van der Waals surface area (Å²) >= 11 is 5.90. The number of benzene rings is 1. The van der Waals surface area contributed by atoms with Gasteiger partial charge in [-0.2, -0.15) is 5.10 Å². The molecule has 1 saturated carbocycles. The third-order valence-electron chi connectivity index (χ3n) is 4.28. The van der Waals surface area contributed by atoms with E-state index in [2.05, 4.69) is 10.4 Å². The minimum Gasteiger partial charge on any atom is -0.348 e. The average molecular weight is 318 g/mol. The summed E-state index contributed by atoms with van der Waals surface area (Å²) < 4.78 is 1.91. The van der Waals surface area contributed by atoms with E-state index < -0.39 is 0 Å². The topological polar surface area (TPSA) is 46.9 Å². The van der Waals surface area contributed by atoms with Crippen LogP contribution in [0.4, 0.5) is 0 Å². The largest absolute Gasteiger partial charge is 0.348 e. The molecule has 4 nitrogen and oxygen atoms in total. The highest BCUT2D eigenvalue weighted by atomic mass is 35.5. The van der Waals surface area contributed by atoms with Crippen molar-refractivity contribution in [3.63, 3.8) is 0 Å². The molecule has 0 radical (unpaired) electrons. The second kappa shape index (κ2) is 6.13. The van der Waals surface area contributed by atoms with Crippen LogP contribution in [0.3, 0.4) is 0 Å². The van der Waals surface area contributed by atoms with Crippen molar-refractivity contribution in [1.82, 2.24) is 15.1 Å². The highest BCUT2D eigenvalue weighted by Gasteiger charge is 2.44. The van der Waals surface area contributed by atoms with Gasteiger partial charge in [-0.25, -0.2) is 0 Å². The van der Waals surface area contributed by atoms with Crippen LogP contribution in [0.5, 0.6) is 0 Å². The first-order valence-corrected chi connectivity index (χ1v) is 8.05. The maximum absolute atomic E-state index is 12.4. The number of aromatic nitrogens is 2. The van der Waals surface area contributed by atoms with E-state index in [4.69, 9.17) is 11.6 Å². The number of nitrogens with one attached hydrogen (secondary N) is 1. The molecular formula is C17H20ClN3O. The maximum Gasteiger partial charge on any atom is 0.224 e. The normalized spacial score (nSPS) is 21.4. The van der Waals surface area contributed by atoms with Crippen LogP contribution in [-0.4, -0.2) is 15.7 Å². The Hall–Kier alpha value is -1.81. The molecule has 3 atom stereocenters. The maximum atomic E-state index is 12.4. The summed E-state index contributed by atoms with van der Waals surface area (Å²) in [5.41, 5.74) is 2.23. The van der Waals surface area contributed by atoms with Gasteiger partial charge in [0, 0.05) is 23.7 Å². The summed E-state index contributed by atoms with van der Waals surface area (Å²) in [4.78, 5) is 12.4. The number of carbonyl (C=O) groups is 1. The lowest BCUT2D eigenvalue weighted by Gasteiger charge is -2.15. The Kier molecular flexibility index (Phi) is 4.21. The van der Waals surface area contributed by atoms with Gasteiger partial charge in [0.25, 0.3) is 0 Å². The van der Waals surface area contributed by atoms with Crippen LogP contribution in [0.1, 0.15) is 43.5 Å². The first-order valence-electron chi connectivity index (χ1n) is 7.67. The standard InChI is InChI=1S/C17H20ClN3O/c1-3-21-16(8-9-19-21)11(2)20-17(22)15-10-14(15)12-4-6-13(18)7-5-12/h4-9,11,14-15H,3,10H2,1-2H3,(H,20,22). The van der Waals surface area contributed by atoms with Gasteiger partial charge in [0.1, 0.15) is 0 Å². The average Bonchev–Trinajstić information content (AvgIpc) is 3.16. The third kappa shape index (κ3) is 3.02. The molecule has 0 bridgehead atoms. The van der Waals surface area contributed by atoms with Gasteiger partial charge in [0.05, 0.1) is 11.7 Å². The van der Waals surface area contributed by atoms with E-state index in [0.717, 1.165) is 23.7 Å². The quantitative estimate of drug-likeness (QED) is 0.917. The number of aryl methyl sites for hydroxylation is 1. The number of rotatable bonds is 5. The van der Waals surface area contributed by atoms with Crippen LogP contribution in [0, 0.1) is 5.92 Å². The van der Waals surface area contributed by atoms with Crippen molar-refractivity contribution in [2.75, 3.05) is 0 Å². The lowest BCUT2D eigenvalue weighted by atomic mass is 10.1. The zero-order chi connectivity index (χ0) is 15.7. The number of carbonyl (C=O) groups excluding carboxylic acids is 1. The molecule has 0 saturated heterocycles. The molecule has 3 unspecified atom stereocenters. The van der Waals surface area contributed by atoms with Crippen LogP contribution in [0.2, 0.25) is 5.02 Å². The number of amides is 1. The molecule has 5 heteroatoms. The van der Waals surface area contributed by atoms with E-state index in [1.165, 1.54) is 5.56 Å². The summed E-state index contributed by atoms with van der Waals surface area (Å²) in [5, 5.41) is 8.08. The molecule has 1 N–H and O–H groups in total. The predicted octanol–water partition coefficient (Wildman–Crippen LogP) is 3.54. The monoisotopic (exact) mass is 317 g/mol. The summed E-state index contributed by atoms with van der Waals surface area (Å²) in [7, 11) is 0. The summed E-state index contributed by atoms with van der Waals surface area (Å²) in [5.74, 6) is 0.512. The number of hydrogen-bond donors (Lipinski definition) is 1. The van der Waals surface area contributed by atoms with Crippen LogP contribution in [0.15, 0.2) is 36.5 Å². The fourth-order valence-electron chi connectivity index (χ4n) is 2.93. The molecule has 0 spiro atoms. The van der Waals surface area contributed by atoms with Crippen molar-refractivity contribution in [2.45, 2.75) is 38.8 Å². The summed E-state index contributed by atoms with van der Waals surface area (Å²) in [6.07, 6.45) is 2.68. The van der Waals surface area contributed by atoms with Gasteiger partial charge in [-0.1, -0.05) is 23.7 Å². The molecule has 1 aliphatic rings. The van der Waals surface area contributed by atoms with Gasteiger partial charge in [0.2, 0.25) is 5.91 Å². The fourth-order valence-corrected chi connectivity index (χ4v) is 3.06. The molecule has 1 heterocycles. The van der Waals surface area contributed by atoms with Crippen molar-refractivity contribution in [2.24, 2.45) is 5.92 Å². The molecule has 0 aliphatic heterocycles. The molecule has 1 aromatic carbocycles. The lowest BCUT2D eigenvalue weighted by Crippen LogP contribution is -2.29. The van der Waals surface area contributed by atoms with Gasteiger partial charge in [-0.3, -0.25) is 9.48 Å². The minimum absolute atomic E-state index is 0.0265. The van der Waals surface area contributed by atoms with E-state index in [1.54, 1.807) is 6.20 Å².